The molecule has 0 aliphatic heterocycles. The van der Waals surface area contributed by atoms with Gasteiger partial charge in [0.1, 0.15) is 0 Å². The lowest BCUT2D eigenvalue weighted by atomic mass is 10.1. The molecule has 0 fully saturated rings. The zero-order valence-corrected chi connectivity index (χ0v) is 50.8. The monoisotopic (exact) mass is 1090 g/mol. The summed E-state index contributed by atoms with van der Waals surface area (Å²) in [4.78, 5) is 60.2. The fraction of sp³-hybridized carbons (Fsp3) is 0.762. The van der Waals surface area contributed by atoms with Crippen LogP contribution in [0.2, 0.25) is 0 Å². The highest BCUT2D eigenvalue weighted by molar-refractivity contribution is 5.96. The molecule has 15 heteroatoms. The number of carbonyl (C=O) groups excluding carboxylic acids is 3. The molecule has 2 heterocycles. The van der Waals surface area contributed by atoms with Gasteiger partial charge in [0.05, 0.1) is 84.8 Å². The van der Waals surface area contributed by atoms with E-state index in [1.165, 1.54) is 259 Å². The number of rotatable bonds is 45. The Kier molecular flexibility index (Phi) is 41.3. The number of H-pyrrole nitrogens is 1. The smallest absolute Gasteiger partial charge is 0.302 e. The summed E-state index contributed by atoms with van der Waals surface area (Å²) in [5.41, 5.74) is 6.37. The first kappa shape index (κ1) is 71.4. The molecule has 1 aromatic carbocycles. The molecule has 0 spiro atoms. The Bertz CT molecular complexity index is 1950. The van der Waals surface area contributed by atoms with Gasteiger partial charge in [0.2, 0.25) is 5.95 Å². The summed E-state index contributed by atoms with van der Waals surface area (Å²) in [5, 5.41) is 26.8. The highest BCUT2D eigenvalue weighted by Gasteiger charge is 2.17. The topological polar surface area (TPSA) is 219 Å². The van der Waals surface area contributed by atoms with Crippen molar-refractivity contribution in [1.82, 2.24) is 25.3 Å². The van der Waals surface area contributed by atoms with Gasteiger partial charge >= 0.3 is 5.56 Å². The fourth-order valence-corrected chi connectivity index (χ4v) is 9.67. The number of nitrogens with one attached hydrogen (secondary N) is 3. The molecule has 3 rings (SSSR count). The van der Waals surface area contributed by atoms with Crippen LogP contribution in [-0.2, 0) is 16.1 Å². The lowest BCUT2D eigenvalue weighted by Crippen LogP contribution is -2.48. The number of nitrogens with two attached hydrogens (primary N) is 1. The SMILES string of the molecule is CCCCCCCCCC[N+](C)(C)CCCCCCCCCC.CCCCCCCCCC[N+](C)(C)CCCCCCCCCC.Nc1nc(=O)c2nc(CNc3ccc(C(=O)N[C@@H](CCC(=O)[O-])C(=O)[O-])cc3)cnc2[nH]1. The molecule has 5 N–H and O–H groups in total. The molecule has 0 radical (unpaired) electrons. The second-order valence-electron chi connectivity index (χ2n) is 23.3. The Balaban J connectivity index is 0.000000600. The number of hydrogen-bond donors (Lipinski definition) is 4. The van der Waals surface area contributed by atoms with E-state index in [9.17, 15) is 29.4 Å². The molecular formula is C63H113N9O6. The maximum absolute atomic E-state index is 12.2. The number of carboxylic acids is 2. The summed E-state index contributed by atoms with van der Waals surface area (Å²) in [6.07, 6.45) is 46.6. The number of nitrogen functional groups attached to an aromatic ring is 1. The minimum atomic E-state index is -1.59. The van der Waals surface area contributed by atoms with E-state index in [0.29, 0.717) is 11.4 Å². The zero-order valence-electron chi connectivity index (χ0n) is 50.8. The molecule has 446 valence electrons. The average molecular weight is 1090 g/mol. The summed E-state index contributed by atoms with van der Waals surface area (Å²) in [5.74, 6) is -3.78. The first-order valence-electron chi connectivity index (χ1n) is 31.2. The zero-order chi connectivity index (χ0) is 57.7. The van der Waals surface area contributed by atoms with Gasteiger partial charge in [-0.1, -0.05) is 182 Å². The number of unbranched alkanes of at least 4 members (excludes halogenated alkanes) is 28. The first-order valence-corrected chi connectivity index (χ1v) is 31.2. The molecule has 1 atom stereocenters. The molecular weight excluding hydrogens is 979 g/mol. The summed E-state index contributed by atoms with van der Waals surface area (Å²) in [6.45, 7) is 14.9. The summed E-state index contributed by atoms with van der Waals surface area (Å²) in [7, 11) is 9.73. The molecule has 3 aromatic rings. The highest BCUT2D eigenvalue weighted by atomic mass is 16.4. The molecule has 0 saturated heterocycles. The quantitative estimate of drug-likeness (QED) is 0.0308. The van der Waals surface area contributed by atoms with Crippen LogP contribution in [0, 0.1) is 0 Å². The van der Waals surface area contributed by atoms with E-state index in [2.05, 4.69) is 86.5 Å². The number of anilines is 2. The van der Waals surface area contributed by atoms with E-state index < -0.39 is 35.9 Å². The van der Waals surface area contributed by atoms with Crippen molar-refractivity contribution >= 4 is 40.6 Å². The average Bonchev–Trinajstić information content (AvgIpc) is 3.42. The summed E-state index contributed by atoms with van der Waals surface area (Å²) >= 11 is 0. The van der Waals surface area contributed by atoms with Crippen molar-refractivity contribution in [2.75, 3.05) is 65.4 Å². The molecule has 0 unspecified atom stereocenters. The van der Waals surface area contributed by atoms with Gasteiger partial charge in [-0.05, 0) is 88.5 Å². The van der Waals surface area contributed by atoms with Crippen LogP contribution in [0.5, 0.6) is 0 Å². The van der Waals surface area contributed by atoms with Crippen molar-refractivity contribution in [3.63, 3.8) is 0 Å². The molecule has 78 heavy (non-hydrogen) atoms. The molecule has 0 aliphatic carbocycles. The van der Waals surface area contributed by atoms with E-state index in [-0.39, 0.29) is 35.6 Å². The third-order valence-corrected chi connectivity index (χ3v) is 14.8. The highest BCUT2D eigenvalue weighted by Crippen LogP contribution is 2.17. The lowest BCUT2D eigenvalue weighted by molar-refractivity contribution is -0.890. The third kappa shape index (κ3) is 38.1. The van der Waals surface area contributed by atoms with Crippen LogP contribution in [0.1, 0.15) is 262 Å². The van der Waals surface area contributed by atoms with Gasteiger partial charge in [0.25, 0.3) is 5.91 Å². The van der Waals surface area contributed by atoms with Gasteiger partial charge in [-0.3, -0.25) is 9.59 Å². The van der Waals surface area contributed by atoms with Gasteiger partial charge in [0.15, 0.2) is 11.2 Å². The summed E-state index contributed by atoms with van der Waals surface area (Å²) < 4.78 is 2.48. The number of carboxylic acid groups (broad SMARTS) is 2. The van der Waals surface area contributed by atoms with Crippen molar-refractivity contribution in [1.29, 1.82) is 0 Å². The number of hydrogen-bond acceptors (Lipinski definition) is 11. The minimum Gasteiger partial charge on any atom is -0.550 e. The predicted molar refractivity (Wildman–Crippen MR) is 321 cm³/mol. The maximum Gasteiger partial charge on any atom is 0.302 e. The molecule has 2 aromatic heterocycles. The lowest BCUT2D eigenvalue weighted by Gasteiger charge is -2.30. The molecule has 0 bridgehead atoms. The van der Waals surface area contributed by atoms with Crippen LogP contribution in [0.4, 0.5) is 11.6 Å². The Morgan fingerprint density at radius 1 is 0.564 bits per heavy atom. The summed E-state index contributed by atoms with van der Waals surface area (Å²) in [6, 6.07) is 4.59. The molecule has 1 amide bonds. The van der Waals surface area contributed by atoms with Crippen molar-refractivity contribution in [2.45, 2.75) is 259 Å². The van der Waals surface area contributed by atoms with Gasteiger partial charge in [-0.2, -0.15) is 4.98 Å². The fourth-order valence-electron chi connectivity index (χ4n) is 9.67. The number of nitrogens with zero attached hydrogens (tertiary/aromatic N) is 5. The number of quaternary nitrogens is 2. The van der Waals surface area contributed by atoms with Crippen LogP contribution in [0.25, 0.3) is 11.2 Å². The van der Waals surface area contributed by atoms with Crippen molar-refractivity contribution < 1.29 is 33.6 Å². The Morgan fingerprint density at radius 3 is 1.29 bits per heavy atom. The predicted octanol–water partition coefficient (Wildman–Crippen LogP) is 12.0. The molecule has 0 saturated carbocycles. The van der Waals surface area contributed by atoms with E-state index in [1.54, 1.807) is 12.1 Å². The van der Waals surface area contributed by atoms with Crippen molar-refractivity contribution in [3.05, 3.63) is 52.1 Å². The largest absolute Gasteiger partial charge is 0.550 e. The van der Waals surface area contributed by atoms with E-state index in [0.717, 1.165) is 0 Å². The number of fused-ring (bicyclic) bond motifs is 1. The van der Waals surface area contributed by atoms with Crippen LogP contribution >= 0.6 is 0 Å². The Morgan fingerprint density at radius 2 is 0.936 bits per heavy atom. The van der Waals surface area contributed by atoms with Gasteiger partial charge in [0, 0.05) is 17.2 Å². The maximum atomic E-state index is 12.2. The van der Waals surface area contributed by atoms with E-state index in [4.69, 9.17) is 5.73 Å². The second-order valence-corrected chi connectivity index (χ2v) is 23.3. The van der Waals surface area contributed by atoms with E-state index >= 15 is 0 Å². The normalized spacial score (nSPS) is 11.8. The third-order valence-electron chi connectivity index (χ3n) is 14.8. The first-order chi connectivity index (χ1) is 37.5. The van der Waals surface area contributed by atoms with Crippen LogP contribution in [-0.4, -0.2) is 107 Å². The van der Waals surface area contributed by atoms with Gasteiger partial charge in [-0.15, -0.1) is 0 Å². The molecule has 15 nitrogen and oxygen atoms in total. The Labute approximate surface area is 473 Å². The standard InChI is InChI=1S/2C22H48N.C19H19N7O6/c2*1-5-7-9-11-13-15-17-19-21-23(3,4)22-20-18-16-14-12-10-8-6-2;20-19-25-15-14(17(30)26-19)23-11(8-22-15)7-21-10-3-1-9(2-4-10)16(29)24-12(18(31)32)5-6-13(27)28/h2*5-22H2,1-4H3;1-4,8,12,21H,5-7H2,(H,24,29)(H,27,28)(H,31,32)(H3,20,22,25,26,30)/q2*+1;/p-2/t;;12-/m..0/s1. The van der Waals surface area contributed by atoms with Crippen molar-refractivity contribution in [2.24, 2.45) is 0 Å². The number of benzene rings is 1. The second kappa shape index (κ2) is 45.1. The van der Waals surface area contributed by atoms with E-state index in [1.807, 2.05) is 0 Å². The number of carbonyl (C=O) groups is 3. The number of aromatic nitrogens is 4. The van der Waals surface area contributed by atoms with Crippen LogP contribution in [0.3, 0.4) is 0 Å². The minimum absolute atomic E-state index is 0.0478. The number of aromatic amines is 1. The Hall–Kier alpha value is -4.63. The van der Waals surface area contributed by atoms with Gasteiger partial charge < -0.3 is 50.1 Å². The van der Waals surface area contributed by atoms with Gasteiger partial charge in [-0.25, -0.2) is 9.97 Å². The molecule has 0 aliphatic rings. The van der Waals surface area contributed by atoms with Crippen LogP contribution < -0.4 is 32.1 Å². The number of aliphatic carboxylic acids is 2. The number of amides is 1. The van der Waals surface area contributed by atoms with Crippen LogP contribution in [0.15, 0.2) is 35.3 Å². The van der Waals surface area contributed by atoms with Crippen molar-refractivity contribution in [3.8, 4) is 0 Å².